The van der Waals surface area contributed by atoms with E-state index in [9.17, 15) is 9.59 Å². The number of rotatable bonds is 5. The summed E-state index contributed by atoms with van der Waals surface area (Å²) in [6.45, 7) is 3.70. The summed E-state index contributed by atoms with van der Waals surface area (Å²) in [7, 11) is 0. The predicted octanol–water partition coefficient (Wildman–Crippen LogP) is 3.22. The first-order valence-electron chi connectivity index (χ1n) is 7.60. The fraction of sp³-hybridized carbons (Fsp3) is 0.294. The van der Waals surface area contributed by atoms with Crippen molar-refractivity contribution in [1.82, 2.24) is 5.32 Å². The van der Waals surface area contributed by atoms with Crippen molar-refractivity contribution in [3.8, 4) is 0 Å². The molecule has 1 fully saturated rings. The van der Waals surface area contributed by atoms with Crippen LogP contribution < -0.4 is 16.0 Å². The molecule has 3 N–H and O–H groups in total. The summed E-state index contributed by atoms with van der Waals surface area (Å²) in [6.07, 6.45) is 0. The van der Waals surface area contributed by atoms with Crippen molar-refractivity contribution in [2.24, 2.45) is 11.8 Å². The minimum absolute atomic E-state index is 0. The molecule has 24 heavy (non-hydrogen) atoms. The van der Waals surface area contributed by atoms with Gasteiger partial charge in [-0.25, -0.2) is 0 Å². The third kappa shape index (κ3) is 4.14. The van der Waals surface area contributed by atoms with Crippen molar-refractivity contribution in [2.75, 3.05) is 23.7 Å². The van der Waals surface area contributed by atoms with Crippen molar-refractivity contribution in [3.63, 3.8) is 0 Å². The zero-order chi connectivity index (χ0) is 16.2. The maximum absolute atomic E-state index is 12.4. The summed E-state index contributed by atoms with van der Waals surface area (Å²) >= 11 is 1.38. The second-order valence-corrected chi connectivity index (χ2v) is 6.62. The lowest BCUT2D eigenvalue weighted by Crippen LogP contribution is -2.48. The third-order valence-corrected chi connectivity index (χ3v) is 4.98. The van der Waals surface area contributed by atoms with Crippen LogP contribution in [0, 0.1) is 11.8 Å². The number of halogens is 1. The largest absolute Gasteiger partial charge is 0.324 e. The molecule has 1 unspecified atom stereocenters. The minimum atomic E-state index is -0.169. The van der Waals surface area contributed by atoms with Gasteiger partial charge in [-0.15, -0.1) is 23.7 Å². The molecule has 2 aromatic rings. The smallest absolute Gasteiger partial charge is 0.265 e. The second-order valence-electron chi connectivity index (χ2n) is 5.67. The summed E-state index contributed by atoms with van der Waals surface area (Å²) in [6, 6.07) is 10.9. The number of carbonyl (C=O) groups excluding carboxylic acids is 2. The van der Waals surface area contributed by atoms with Crippen LogP contribution in [0.15, 0.2) is 41.8 Å². The molecule has 1 atom stereocenters. The normalized spacial score (nSPS) is 14.9. The van der Waals surface area contributed by atoms with Gasteiger partial charge in [0.2, 0.25) is 5.91 Å². The topological polar surface area (TPSA) is 70.2 Å². The number of nitrogens with one attached hydrogen (secondary N) is 3. The van der Waals surface area contributed by atoms with E-state index < -0.39 is 0 Å². The van der Waals surface area contributed by atoms with Crippen molar-refractivity contribution in [1.29, 1.82) is 0 Å². The van der Waals surface area contributed by atoms with Crippen LogP contribution in [0.5, 0.6) is 0 Å². The Labute approximate surface area is 151 Å². The van der Waals surface area contributed by atoms with Gasteiger partial charge in [0.25, 0.3) is 5.91 Å². The maximum atomic E-state index is 12.4. The highest BCUT2D eigenvalue weighted by atomic mass is 35.5. The Balaban J connectivity index is 0.00000208. The van der Waals surface area contributed by atoms with Gasteiger partial charge in [0.1, 0.15) is 0 Å². The van der Waals surface area contributed by atoms with Crippen LogP contribution in [-0.4, -0.2) is 24.9 Å². The van der Waals surface area contributed by atoms with E-state index in [1.807, 2.05) is 30.5 Å². The van der Waals surface area contributed by atoms with E-state index in [0.29, 0.717) is 22.2 Å². The van der Waals surface area contributed by atoms with E-state index >= 15 is 0 Å². The number of anilines is 2. The molecule has 2 amide bonds. The van der Waals surface area contributed by atoms with Crippen molar-refractivity contribution >= 4 is 46.9 Å². The monoisotopic (exact) mass is 365 g/mol. The van der Waals surface area contributed by atoms with Crippen LogP contribution in [0.3, 0.4) is 0 Å². The number of benzene rings is 1. The number of hydrogen-bond donors (Lipinski definition) is 3. The number of hydrogen-bond acceptors (Lipinski definition) is 4. The van der Waals surface area contributed by atoms with Gasteiger partial charge in [-0.3, -0.25) is 9.59 Å². The molecule has 3 rings (SSSR count). The van der Waals surface area contributed by atoms with Crippen LogP contribution in [0.4, 0.5) is 11.4 Å². The lowest BCUT2D eigenvalue weighted by atomic mass is 9.88. The van der Waals surface area contributed by atoms with E-state index in [0.717, 1.165) is 13.1 Å². The standard InChI is InChI=1S/C17H19N3O2S.ClH/c1-11(12-9-18-10-12)16(21)19-13-5-2-3-6-14(13)20-17(22)15-7-4-8-23-15;/h2-8,11-12,18H,9-10H2,1H3,(H,19,21)(H,20,22);1H. The molecule has 1 aliphatic heterocycles. The molecule has 0 spiro atoms. The first-order chi connectivity index (χ1) is 11.1. The van der Waals surface area contributed by atoms with E-state index in [-0.39, 0.29) is 30.1 Å². The molecule has 0 saturated carbocycles. The third-order valence-electron chi connectivity index (χ3n) is 4.11. The highest BCUT2D eigenvalue weighted by Gasteiger charge is 2.29. The second kappa shape index (κ2) is 8.28. The molecular formula is C17H20ClN3O2S. The summed E-state index contributed by atoms with van der Waals surface area (Å²) in [5.74, 6) is 0.132. The molecule has 2 heterocycles. The predicted molar refractivity (Wildman–Crippen MR) is 100 cm³/mol. The highest BCUT2D eigenvalue weighted by Crippen LogP contribution is 2.25. The lowest BCUT2D eigenvalue weighted by Gasteiger charge is -2.31. The summed E-state index contributed by atoms with van der Waals surface area (Å²) in [4.78, 5) is 25.2. The van der Waals surface area contributed by atoms with E-state index in [1.54, 1.807) is 18.2 Å². The van der Waals surface area contributed by atoms with Gasteiger partial charge < -0.3 is 16.0 Å². The van der Waals surface area contributed by atoms with E-state index in [4.69, 9.17) is 0 Å². The van der Waals surface area contributed by atoms with Crippen LogP contribution >= 0.6 is 23.7 Å². The SMILES string of the molecule is CC(C(=O)Nc1ccccc1NC(=O)c1cccs1)C1CNC1.Cl. The Bertz CT molecular complexity index is 702. The zero-order valence-electron chi connectivity index (χ0n) is 13.2. The number of amides is 2. The molecule has 1 aliphatic rings. The van der Waals surface area contributed by atoms with E-state index in [1.165, 1.54) is 11.3 Å². The average molecular weight is 366 g/mol. The van der Waals surface area contributed by atoms with Gasteiger partial charge in [-0.05, 0) is 42.6 Å². The van der Waals surface area contributed by atoms with Gasteiger partial charge in [-0.1, -0.05) is 25.1 Å². The van der Waals surface area contributed by atoms with Crippen molar-refractivity contribution in [3.05, 3.63) is 46.7 Å². The summed E-state index contributed by atoms with van der Waals surface area (Å²) < 4.78 is 0. The molecule has 0 radical (unpaired) electrons. The minimum Gasteiger partial charge on any atom is -0.324 e. The van der Waals surface area contributed by atoms with Gasteiger partial charge in [0.15, 0.2) is 0 Å². The Morgan fingerprint density at radius 3 is 2.33 bits per heavy atom. The Morgan fingerprint density at radius 1 is 1.12 bits per heavy atom. The van der Waals surface area contributed by atoms with Crippen molar-refractivity contribution in [2.45, 2.75) is 6.92 Å². The molecule has 0 bridgehead atoms. The first-order valence-corrected chi connectivity index (χ1v) is 8.48. The number of para-hydroxylation sites is 2. The average Bonchev–Trinajstić information content (AvgIpc) is 3.01. The first kappa shape index (κ1) is 18.4. The Morgan fingerprint density at radius 2 is 1.79 bits per heavy atom. The molecular weight excluding hydrogens is 346 g/mol. The molecule has 5 nitrogen and oxygen atoms in total. The van der Waals surface area contributed by atoms with Crippen molar-refractivity contribution < 1.29 is 9.59 Å². The molecule has 7 heteroatoms. The van der Waals surface area contributed by atoms with Crippen LogP contribution in [0.2, 0.25) is 0 Å². The van der Waals surface area contributed by atoms with Gasteiger partial charge >= 0.3 is 0 Å². The fourth-order valence-corrected chi connectivity index (χ4v) is 3.04. The molecule has 0 aliphatic carbocycles. The highest BCUT2D eigenvalue weighted by molar-refractivity contribution is 7.12. The molecule has 128 valence electrons. The molecule has 1 aromatic carbocycles. The van der Waals surface area contributed by atoms with Gasteiger partial charge in [-0.2, -0.15) is 0 Å². The van der Waals surface area contributed by atoms with E-state index in [2.05, 4.69) is 16.0 Å². The van der Waals surface area contributed by atoms with Gasteiger partial charge in [0, 0.05) is 5.92 Å². The van der Waals surface area contributed by atoms with Crippen LogP contribution in [-0.2, 0) is 4.79 Å². The molecule has 1 saturated heterocycles. The summed E-state index contributed by atoms with van der Waals surface area (Å²) in [5, 5.41) is 10.8. The van der Waals surface area contributed by atoms with Gasteiger partial charge in [0.05, 0.1) is 16.3 Å². The number of thiophene rings is 1. The van der Waals surface area contributed by atoms with Crippen LogP contribution in [0.1, 0.15) is 16.6 Å². The van der Waals surface area contributed by atoms with Crippen LogP contribution in [0.25, 0.3) is 0 Å². The maximum Gasteiger partial charge on any atom is 0.265 e. The molecule has 1 aromatic heterocycles. The quantitative estimate of drug-likeness (QED) is 0.762. The fourth-order valence-electron chi connectivity index (χ4n) is 2.42. The Hall–Kier alpha value is -1.89. The summed E-state index contributed by atoms with van der Waals surface area (Å²) in [5.41, 5.74) is 1.24. The lowest BCUT2D eigenvalue weighted by molar-refractivity contribution is -0.121. The number of carbonyl (C=O) groups is 2. The zero-order valence-corrected chi connectivity index (χ0v) is 14.9. The Kier molecular flexibility index (Phi) is 6.36.